The molecule has 3 aromatic rings. The van der Waals surface area contributed by atoms with Crippen molar-refractivity contribution in [2.45, 2.75) is 45.2 Å². The quantitative estimate of drug-likeness (QED) is 0.749. The van der Waals surface area contributed by atoms with Gasteiger partial charge in [-0.1, -0.05) is 49.2 Å². The normalized spacial score (nSPS) is 14.6. The number of aryl methyl sites for hydroxylation is 1. The summed E-state index contributed by atoms with van der Waals surface area (Å²) in [5, 5.41) is 1.00. The molecule has 0 saturated heterocycles. The van der Waals surface area contributed by atoms with Gasteiger partial charge in [-0.2, -0.15) is 0 Å². The topological polar surface area (TPSA) is 53.2 Å². The van der Waals surface area contributed by atoms with Crippen LogP contribution in [-0.2, 0) is 6.54 Å². The van der Waals surface area contributed by atoms with Gasteiger partial charge in [0.15, 0.2) is 0 Å². The highest BCUT2D eigenvalue weighted by Gasteiger charge is 2.28. The molecule has 0 unspecified atom stereocenters. The molecule has 4 heteroatoms. The van der Waals surface area contributed by atoms with Crippen molar-refractivity contribution in [3.05, 3.63) is 81.6 Å². The highest BCUT2D eigenvalue weighted by molar-refractivity contribution is 5.94. The van der Waals surface area contributed by atoms with Crippen LogP contribution in [0.5, 0.6) is 0 Å². The van der Waals surface area contributed by atoms with E-state index in [1.54, 1.807) is 0 Å². The van der Waals surface area contributed by atoms with Gasteiger partial charge in [-0.3, -0.25) is 9.59 Å². The van der Waals surface area contributed by atoms with E-state index < -0.39 is 0 Å². The van der Waals surface area contributed by atoms with Crippen LogP contribution < -0.4 is 5.56 Å². The smallest absolute Gasteiger partial charge is 0.254 e. The number of carbonyl (C=O) groups is 1. The van der Waals surface area contributed by atoms with Crippen LogP contribution in [0, 0.1) is 6.92 Å². The molecular weight excluding hydrogens is 336 g/mol. The van der Waals surface area contributed by atoms with Gasteiger partial charge in [0.05, 0.1) is 12.1 Å². The van der Waals surface area contributed by atoms with Crippen LogP contribution in [0.3, 0.4) is 0 Å². The van der Waals surface area contributed by atoms with Crippen LogP contribution >= 0.6 is 0 Å². The van der Waals surface area contributed by atoms with Crippen LogP contribution in [0.25, 0.3) is 10.9 Å². The van der Waals surface area contributed by atoms with E-state index >= 15 is 0 Å². The maximum Gasteiger partial charge on any atom is 0.254 e. The van der Waals surface area contributed by atoms with E-state index in [2.05, 4.69) is 4.98 Å². The molecule has 0 aliphatic heterocycles. The molecule has 1 aromatic heterocycles. The van der Waals surface area contributed by atoms with Crippen molar-refractivity contribution in [2.24, 2.45) is 0 Å². The molecule has 1 fully saturated rings. The standard InChI is InChI=1S/C23H24N2O2/c1-16-8-7-11-18-14-19(22(26)24-21(16)18)15-25(20-12-5-6-13-20)23(27)17-9-3-2-4-10-17/h2-4,7-11,14,20H,5-6,12-13,15H2,1H3,(H,24,26). The largest absolute Gasteiger partial charge is 0.331 e. The third-order valence-electron chi connectivity index (χ3n) is 5.55. The number of amides is 1. The minimum absolute atomic E-state index is 0.00578. The average Bonchev–Trinajstić information content (AvgIpc) is 3.22. The zero-order valence-corrected chi connectivity index (χ0v) is 15.6. The van der Waals surface area contributed by atoms with Gasteiger partial charge in [-0.05, 0) is 48.9 Å². The Hall–Kier alpha value is -2.88. The van der Waals surface area contributed by atoms with Crippen molar-refractivity contribution >= 4 is 16.8 Å². The molecule has 1 amide bonds. The molecule has 0 radical (unpaired) electrons. The Kier molecular flexibility index (Phi) is 4.80. The maximum atomic E-state index is 13.2. The number of nitrogens with one attached hydrogen (secondary N) is 1. The summed E-state index contributed by atoms with van der Waals surface area (Å²) in [4.78, 5) is 30.8. The maximum absolute atomic E-state index is 13.2. The number of nitrogens with zero attached hydrogens (tertiary/aromatic N) is 1. The highest BCUT2D eigenvalue weighted by Crippen LogP contribution is 2.26. The lowest BCUT2D eigenvalue weighted by Crippen LogP contribution is -2.39. The van der Waals surface area contributed by atoms with Crippen molar-refractivity contribution in [2.75, 3.05) is 0 Å². The molecule has 0 atom stereocenters. The Labute approximate surface area is 158 Å². The van der Waals surface area contributed by atoms with E-state index in [0.29, 0.717) is 17.7 Å². The number of carbonyl (C=O) groups excluding carboxylic acids is 1. The average molecular weight is 360 g/mol. The molecule has 4 rings (SSSR count). The van der Waals surface area contributed by atoms with Gasteiger partial charge in [0.25, 0.3) is 11.5 Å². The first kappa shape index (κ1) is 17.5. The number of para-hydroxylation sites is 1. The van der Waals surface area contributed by atoms with Gasteiger partial charge < -0.3 is 9.88 Å². The SMILES string of the molecule is Cc1cccc2cc(CN(C(=O)c3ccccc3)C3CCCC3)c(=O)[nH]c12. The van der Waals surface area contributed by atoms with E-state index in [-0.39, 0.29) is 17.5 Å². The molecule has 138 valence electrons. The Morgan fingerprint density at radius 3 is 2.56 bits per heavy atom. The van der Waals surface area contributed by atoms with E-state index in [0.717, 1.165) is 42.1 Å². The van der Waals surface area contributed by atoms with E-state index in [9.17, 15) is 9.59 Å². The Morgan fingerprint density at radius 2 is 1.81 bits per heavy atom. The van der Waals surface area contributed by atoms with Crippen molar-refractivity contribution in [1.82, 2.24) is 9.88 Å². The lowest BCUT2D eigenvalue weighted by atomic mass is 10.1. The van der Waals surface area contributed by atoms with Crippen molar-refractivity contribution in [3.8, 4) is 0 Å². The molecule has 1 heterocycles. The summed E-state index contributed by atoms with van der Waals surface area (Å²) in [6, 6.07) is 17.5. The molecule has 1 aliphatic rings. The number of aromatic nitrogens is 1. The number of hydrogen-bond acceptors (Lipinski definition) is 2. The van der Waals surface area contributed by atoms with Gasteiger partial charge in [0.1, 0.15) is 0 Å². The zero-order valence-electron chi connectivity index (χ0n) is 15.6. The monoisotopic (exact) mass is 360 g/mol. The Balaban J connectivity index is 1.71. The van der Waals surface area contributed by atoms with Gasteiger partial charge in [0, 0.05) is 17.2 Å². The number of benzene rings is 2. The fraction of sp³-hybridized carbons (Fsp3) is 0.304. The van der Waals surface area contributed by atoms with Crippen LogP contribution in [0.15, 0.2) is 59.4 Å². The van der Waals surface area contributed by atoms with Crippen molar-refractivity contribution in [1.29, 1.82) is 0 Å². The van der Waals surface area contributed by atoms with Crippen molar-refractivity contribution in [3.63, 3.8) is 0 Å². The molecule has 0 spiro atoms. The number of aromatic amines is 1. The second-order valence-electron chi connectivity index (χ2n) is 7.40. The van der Waals surface area contributed by atoms with Gasteiger partial charge in [0.2, 0.25) is 0 Å². The molecular formula is C23H24N2O2. The molecule has 4 nitrogen and oxygen atoms in total. The third kappa shape index (κ3) is 3.52. The fourth-order valence-corrected chi connectivity index (χ4v) is 4.06. The molecule has 1 saturated carbocycles. The highest BCUT2D eigenvalue weighted by atomic mass is 16.2. The number of hydrogen-bond donors (Lipinski definition) is 1. The minimum Gasteiger partial charge on any atom is -0.331 e. The van der Waals surface area contributed by atoms with E-state index in [1.807, 2.05) is 66.4 Å². The second kappa shape index (κ2) is 7.39. The van der Waals surface area contributed by atoms with Crippen LogP contribution in [0.2, 0.25) is 0 Å². The number of H-pyrrole nitrogens is 1. The van der Waals surface area contributed by atoms with Gasteiger partial charge in [-0.25, -0.2) is 0 Å². The lowest BCUT2D eigenvalue weighted by Gasteiger charge is -2.29. The first-order valence-electron chi connectivity index (χ1n) is 9.61. The second-order valence-corrected chi connectivity index (χ2v) is 7.40. The molecule has 0 bridgehead atoms. The van der Waals surface area contributed by atoms with Crippen LogP contribution in [0.4, 0.5) is 0 Å². The predicted octanol–water partition coefficient (Wildman–Crippen LogP) is 4.42. The summed E-state index contributed by atoms with van der Waals surface area (Å²) in [6.45, 7) is 2.33. The predicted molar refractivity (Wildman–Crippen MR) is 108 cm³/mol. The summed E-state index contributed by atoms with van der Waals surface area (Å²) >= 11 is 0. The Bertz CT molecular complexity index is 1020. The number of rotatable bonds is 4. The lowest BCUT2D eigenvalue weighted by molar-refractivity contribution is 0.0664. The third-order valence-corrected chi connectivity index (χ3v) is 5.55. The fourth-order valence-electron chi connectivity index (χ4n) is 4.06. The minimum atomic E-state index is -0.111. The van der Waals surface area contributed by atoms with E-state index in [4.69, 9.17) is 0 Å². The molecule has 27 heavy (non-hydrogen) atoms. The van der Waals surface area contributed by atoms with Crippen LogP contribution in [-0.4, -0.2) is 21.8 Å². The summed E-state index contributed by atoms with van der Waals surface area (Å²) in [7, 11) is 0. The summed E-state index contributed by atoms with van der Waals surface area (Å²) < 4.78 is 0. The van der Waals surface area contributed by atoms with Crippen molar-refractivity contribution < 1.29 is 4.79 Å². The molecule has 1 aliphatic carbocycles. The zero-order chi connectivity index (χ0) is 18.8. The first-order chi connectivity index (χ1) is 13.1. The van der Waals surface area contributed by atoms with Gasteiger partial charge in [-0.15, -0.1) is 0 Å². The summed E-state index contributed by atoms with van der Waals surface area (Å²) in [5.41, 5.74) is 3.12. The van der Waals surface area contributed by atoms with Gasteiger partial charge >= 0.3 is 0 Å². The number of fused-ring (bicyclic) bond motifs is 1. The molecule has 2 aromatic carbocycles. The number of pyridine rings is 1. The summed E-state index contributed by atoms with van der Waals surface area (Å²) in [6.07, 6.45) is 4.28. The van der Waals surface area contributed by atoms with Crippen LogP contribution in [0.1, 0.15) is 47.2 Å². The molecule has 1 N–H and O–H groups in total. The Morgan fingerprint density at radius 1 is 1.07 bits per heavy atom. The first-order valence-corrected chi connectivity index (χ1v) is 9.61. The summed E-state index contributed by atoms with van der Waals surface area (Å²) in [5.74, 6) is 0.00578. The van der Waals surface area contributed by atoms with E-state index in [1.165, 1.54) is 0 Å².